The fourth-order valence-corrected chi connectivity index (χ4v) is 1.79. The van der Waals surface area contributed by atoms with Crippen molar-refractivity contribution >= 4 is 5.91 Å². The van der Waals surface area contributed by atoms with Crippen LogP contribution in [-0.4, -0.2) is 42.0 Å². The number of carbonyl (C=O) groups is 1. The summed E-state index contributed by atoms with van der Waals surface area (Å²) in [6.45, 7) is 5.90. The molecule has 0 radical (unpaired) electrons. The van der Waals surface area contributed by atoms with E-state index in [1.165, 1.54) is 5.56 Å². The molecule has 0 unspecified atom stereocenters. The molecular weight excluding hydrogens is 238 g/mol. The Bertz CT molecular complexity index is 365. The summed E-state index contributed by atoms with van der Waals surface area (Å²) >= 11 is 0. The Kier molecular flexibility index (Phi) is 7.11. The molecule has 4 heteroatoms. The van der Waals surface area contributed by atoms with Crippen LogP contribution in [0.4, 0.5) is 0 Å². The highest BCUT2D eigenvalue weighted by atomic mass is 16.2. The number of rotatable bonds is 8. The second-order valence-electron chi connectivity index (χ2n) is 5.13. The summed E-state index contributed by atoms with van der Waals surface area (Å²) < 4.78 is 0. The van der Waals surface area contributed by atoms with Gasteiger partial charge in [-0.05, 0) is 37.1 Å². The van der Waals surface area contributed by atoms with Gasteiger partial charge in [0.25, 0.3) is 0 Å². The number of amides is 1. The highest BCUT2D eigenvalue weighted by Crippen LogP contribution is 2.01. The van der Waals surface area contributed by atoms with E-state index in [1.807, 2.05) is 24.1 Å². The molecule has 1 amide bonds. The lowest BCUT2D eigenvalue weighted by molar-refractivity contribution is -0.129. The molecule has 1 aromatic heterocycles. The number of carbonyl (C=O) groups excluding carboxylic acids is 1. The van der Waals surface area contributed by atoms with Crippen molar-refractivity contribution in [2.24, 2.45) is 0 Å². The van der Waals surface area contributed by atoms with Crippen LogP contribution in [0.25, 0.3) is 0 Å². The van der Waals surface area contributed by atoms with E-state index in [1.54, 1.807) is 12.4 Å². The monoisotopic (exact) mass is 263 g/mol. The van der Waals surface area contributed by atoms with Crippen LogP contribution in [0.1, 0.15) is 32.3 Å². The second kappa shape index (κ2) is 8.64. The zero-order chi connectivity index (χ0) is 14.1. The molecular formula is C15H25N3O. The van der Waals surface area contributed by atoms with Gasteiger partial charge < -0.3 is 10.2 Å². The minimum Gasteiger partial charge on any atom is -0.345 e. The van der Waals surface area contributed by atoms with Gasteiger partial charge >= 0.3 is 0 Å². The van der Waals surface area contributed by atoms with Crippen molar-refractivity contribution in [3.05, 3.63) is 30.1 Å². The normalized spacial score (nSPS) is 10.7. The van der Waals surface area contributed by atoms with Gasteiger partial charge in [0.15, 0.2) is 0 Å². The maximum absolute atomic E-state index is 11.9. The first kappa shape index (κ1) is 15.6. The molecule has 0 spiro atoms. The molecule has 0 aliphatic heterocycles. The van der Waals surface area contributed by atoms with Gasteiger partial charge in [0, 0.05) is 38.4 Å². The summed E-state index contributed by atoms with van der Waals surface area (Å²) in [6, 6.07) is 4.47. The average Bonchev–Trinajstić information content (AvgIpc) is 2.41. The molecule has 1 aromatic rings. The zero-order valence-corrected chi connectivity index (χ0v) is 12.2. The van der Waals surface area contributed by atoms with E-state index in [-0.39, 0.29) is 5.91 Å². The Morgan fingerprint density at radius 2 is 2.05 bits per heavy atom. The van der Waals surface area contributed by atoms with Crippen molar-refractivity contribution in [2.75, 3.05) is 20.1 Å². The van der Waals surface area contributed by atoms with Gasteiger partial charge in [-0.2, -0.15) is 0 Å². The number of nitrogens with one attached hydrogen (secondary N) is 1. The fourth-order valence-electron chi connectivity index (χ4n) is 1.79. The lowest BCUT2D eigenvalue weighted by Gasteiger charge is -2.17. The summed E-state index contributed by atoms with van der Waals surface area (Å²) in [7, 11) is 1.87. The van der Waals surface area contributed by atoms with E-state index in [0.717, 1.165) is 25.9 Å². The van der Waals surface area contributed by atoms with Crippen molar-refractivity contribution in [3.8, 4) is 0 Å². The Labute approximate surface area is 116 Å². The third kappa shape index (κ3) is 6.91. The molecule has 0 aromatic carbocycles. The highest BCUT2D eigenvalue weighted by Gasteiger charge is 2.08. The average molecular weight is 263 g/mol. The molecule has 1 N–H and O–H groups in total. The number of aromatic nitrogens is 1. The van der Waals surface area contributed by atoms with Crippen molar-refractivity contribution in [3.63, 3.8) is 0 Å². The molecule has 0 aliphatic rings. The van der Waals surface area contributed by atoms with E-state index in [9.17, 15) is 4.79 Å². The highest BCUT2D eigenvalue weighted by molar-refractivity contribution is 5.75. The summed E-state index contributed by atoms with van der Waals surface area (Å²) in [4.78, 5) is 17.7. The summed E-state index contributed by atoms with van der Waals surface area (Å²) in [5.41, 5.74) is 1.22. The Morgan fingerprint density at radius 1 is 1.37 bits per heavy atom. The fraction of sp³-hybridized carbons (Fsp3) is 0.600. The quantitative estimate of drug-likeness (QED) is 0.728. The van der Waals surface area contributed by atoms with Gasteiger partial charge in [-0.3, -0.25) is 9.78 Å². The lowest BCUT2D eigenvalue weighted by Crippen LogP contribution is -2.30. The maximum atomic E-state index is 11.9. The van der Waals surface area contributed by atoms with Crippen LogP contribution in [0.3, 0.4) is 0 Å². The van der Waals surface area contributed by atoms with Gasteiger partial charge in [0.05, 0.1) is 0 Å². The summed E-state index contributed by atoms with van der Waals surface area (Å²) in [5, 5.41) is 3.32. The number of likely N-dealkylation sites (N-methyl/N-ethyl adjacent to an activating group) is 1. The second-order valence-corrected chi connectivity index (χ2v) is 5.13. The van der Waals surface area contributed by atoms with E-state index >= 15 is 0 Å². The van der Waals surface area contributed by atoms with Crippen molar-refractivity contribution in [1.82, 2.24) is 15.2 Å². The topological polar surface area (TPSA) is 45.2 Å². The summed E-state index contributed by atoms with van der Waals surface area (Å²) in [6.07, 6.45) is 5.97. The van der Waals surface area contributed by atoms with E-state index in [4.69, 9.17) is 0 Å². The third-order valence-corrected chi connectivity index (χ3v) is 3.03. The number of nitrogens with zero attached hydrogens (tertiary/aromatic N) is 2. The molecule has 1 rings (SSSR count). The Morgan fingerprint density at radius 3 is 2.68 bits per heavy atom. The molecule has 106 valence electrons. The molecule has 0 aliphatic carbocycles. The van der Waals surface area contributed by atoms with Gasteiger partial charge in [-0.1, -0.05) is 13.8 Å². The molecule has 0 bridgehead atoms. The van der Waals surface area contributed by atoms with Crippen LogP contribution in [0.5, 0.6) is 0 Å². The molecule has 0 fully saturated rings. The van der Waals surface area contributed by atoms with Crippen LogP contribution >= 0.6 is 0 Å². The molecule has 0 saturated carbocycles. The Hall–Kier alpha value is -1.42. The standard InChI is InChI=1S/C15H25N3O/c1-13(2)17-9-4-5-15(19)18(3)12-8-14-6-10-16-11-7-14/h6-7,10-11,13,17H,4-5,8-9,12H2,1-3H3. The third-order valence-electron chi connectivity index (χ3n) is 3.03. The SMILES string of the molecule is CC(C)NCCCC(=O)N(C)CCc1ccncc1. The van der Waals surface area contributed by atoms with E-state index in [0.29, 0.717) is 12.5 Å². The minimum atomic E-state index is 0.222. The number of pyridine rings is 1. The van der Waals surface area contributed by atoms with Crippen molar-refractivity contribution < 1.29 is 4.79 Å². The van der Waals surface area contributed by atoms with Gasteiger partial charge in [-0.25, -0.2) is 0 Å². The Balaban J connectivity index is 2.18. The van der Waals surface area contributed by atoms with E-state index in [2.05, 4.69) is 24.1 Å². The first-order valence-electron chi connectivity index (χ1n) is 6.96. The van der Waals surface area contributed by atoms with Crippen molar-refractivity contribution in [1.29, 1.82) is 0 Å². The van der Waals surface area contributed by atoms with Crippen LogP contribution in [-0.2, 0) is 11.2 Å². The molecule has 1 heterocycles. The molecule has 4 nitrogen and oxygen atoms in total. The van der Waals surface area contributed by atoms with Gasteiger partial charge in [-0.15, -0.1) is 0 Å². The number of hydrogen-bond acceptors (Lipinski definition) is 3. The molecule has 19 heavy (non-hydrogen) atoms. The van der Waals surface area contributed by atoms with Crippen LogP contribution in [0.2, 0.25) is 0 Å². The predicted molar refractivity (Wildman–Crippen MR) is 78.0 cm³/mol. The minimum absolute atomic E-state index is 0.222. The van der Waals surface area contributed by atoms with Gasteiger partial charge in [0.1, 0.15) is 0 Å². The van der Waals surface area contributed by atoms with Crippen LogP contribution in [0, 0.1) is 0 Å². The largest absolute Gasteiger partial charge is 0.345 e. The summed E-state index contributed by atoms with van der Waals surface area (Å²) in [5.74, 6) is 0.222. The maximum Gasteiger partial charge on any atom is 0.222 e. The lowest BCUT2D eigenvalue weighted by atomic mass is 10.2. The van der Waals surface area contributed by atoms with Gasteiger partial charge in [0.2, 0.25) is 5.91 Å². The zero-order valence-electron chi connectivity index (χ0n) is 12.2. The van der Waals surface area contributed by atoms with Crippen molar-refractivity contribution in [2.45, 2.75) is 39.2 Å². The predicted octanol–water partition coefficient (Wildman–Crippen LogP) is 1.86. The van der Waals surface area contributed by atoms with Crippen LogP contribution < -0.4 is 5.32 Å². The first-order valence-corrected chi connectivity index (χ1v) is 6.96. The van der Waals surface area contributed by atoms with Crippen LogP contribution in [0.15, 0.2) is 24.5 Å². The molecule has 0 saturated heterocycles. The number of hydrogen-bond donors (Lipinski definition) is 1. The first-order chi connectivity index (χ1) is 9.09. The van der Waals surface area contributed by atoms with E-state index < -0.39 is 0 Å². The smallest absolute Gasteiger partial charge is 0.222 e. The molecule has 0 atom stereocenters.